The van der Waals surface area contributed by atoms with Crippen molar-refractivity contribution in [1.82, 2.24) is 24.6 Å². The summed E-state index contributed by atoms with van der Waals surface area (Å²) in [5.41, 5.74) is 0.929. The molecule has 2 atom stereocenters. The number of piperidine rings is 1. The summed E-state index contributed by atoms with van der Waals surface area (Å²) in [6.45, 7) is 3.17. The van der Waals surface area contributed by atoms with Gasteiger partial charge in [-0.1, -0.05) is 30.7 Å². The van der Waals surface area contributed by atoms with E-state index in [1.54, 1.807) is 17.0 Å². The first-order valence-electron chi connectivity index (χ1n) is 10.9. The van der Waals surface area contributed by atoms with Crippen LogP contribution in [0.3, 0.4) is 0 Å². The van der Waals surface area contributed by atoms with Gasteiger partial charge in [0.1, 0.15) is 11.3 Å². The van der Waals surface area contributed by atoms with E-state index in [2.05, 4.69) is 15.2 Å². The third kappa shape index (κ3) is 3.85. The zero-order valence-corrected chi connectivity index (χ0v) is 18.9. The Morgan fingerprint density at radius 1 is 1.18 bits per heavy atom. The van der Waals surface area contributed by atoms with Crippen molar-refractivity contribution in [3.8, 4) is 0 Å². The number of amides is 1. The van der Waals surface area contributed by atoms with E-state index in [0.29, 0.717) is 35.6 Å². The fourth-order valence-electron chi connectivity index (χ4n) is 4.98. The molecule has 2 aliphatic rings. The van der Waals surface area contributed by atoms with E-state index in [0.717, 1.165) is 4.57 Å². The maximum Gasteiger partial charge on any atom is 0.451 e. The van der Waals surface area contributed by atoms with E-state index in [-0.39, 0.29) is 48.7 Å². The fraction of sp³-hybridized carbons (Fsp3) is 0.455. The Morgan fingerprint density at radius 2 is 1.97 bits per heavy atom. The van der Waals surface area contributed by atoms with E-state index in [9.17, 15) is 22.4 Å². The Kier molecular flexibility index (Phi) is 5.62. The van der Waals surface area contributed by atoms with Crippen LogP contribution in [0.4, 0.5) is 23.2 Å². The minimum absolute atomic E-state index is 0.000317. The van der Waals surface area contributed by atoms with Gasteiger partial charge in [0.25, 0.3) is 0 Å². The summed E-state index contributed by atoms with van der Waals surface area (Å²) in [6, 6.07) is 4.73. The molecule has 0 aliphatic carbocycles. The number of carbonyl (C=O) groups excluding carboxylic acids is 1. The minimum Gasteiger partial charge on any atom is -0.369 e. The van der Waals surface area contributed by atoms with Crippen molar-refractivity contribution in [3.63, 3.8) is 0 Å². The van der Waals surface area contributed by atoms with Crippen LogP contribution < -0.4 is 4.90 Å². The van der Waals surface area contributed by atoms with Crippen molar-refractivity contribution in [2.75, 3.05) is 24.5 Å². The summed E-state index contributed by atoms with van der Waals surface area (Å²) >= 11 is 6.44. The van der Waals surface area contributed by atoms with Gasteiger partial charge in [-0.3, -0.25) is 9.78 Å². The molecule has 1 saturated heterocycles. The minimum atomic E-state index is -4.58. The predicted molar refractivity (Wildman–Crippen MR) is 117 cm³/mol. The smallest absolute Gasteiger partial charge is 0.369 e. The molecule has 3 aromatic rings. The highest BCUT2D eigenvalue weighted by Gasteiger charge is 2.41. The van der Waals surface area contributed by atoms with E-state index in [4.69, 9.17) is 11.6 Å². The zero-order chi connectivity index (χ0) is 24.2. The topological polar surface area (TPSA) is 67.2 Å². The normalized spacial score (nSPS) is 21.1. The molecular weight excluding hydrogens is 476 g/mol. The first kappa shape index (κ1) is 22.8. The maximum absolute atomic E-state index is 14.2. The number of para-hydroxylation sites is 1. The third-order valence-corrected chi connectivity index (χ3v) is 6.91. The number of hydrogen-bond donors (Lipinski definition) is 0. The van der Waals surface area contributed by atoms with Gasteiger partial charge in [0.15, 0.2) is 5.82 Å². The number of anilines is 1. The summed E-state index contributed by atoms with van der Waals surface area (Å²) in [5.74, 6) is -1.79. The highest BCUT2D eigenvalue weighted by Crippen LogP contribution is 2.38. The van der Waals surface area contributed by atoms with E-state index in [1.807, 2.05) is 11.8 Å². The number of benzene rings is 1. The first-order valence-corrected chi connectivity index (χ1v) is 11.3. The number of hydrogen-bond acceptors (Lipinski definition) is 5. The number of carbonyl (C=O) groups is 1. The van der Waals surface area contributed by atoms with Gasteiger partial charge in [0, 0.05) is 43.7 Å². The van der Waals surface area contributed by atoms with Gasteiger partial charge in [0.2, 0.25) is 11.7 Å². The highest BCUT2D eigenvalue weighted by molar-refractivity contribution is 6.34. The number of rotatable bonds is 2. The van der Waals surface area contributed by atoms with Crippen LogP contribution in [-0.2, 0) is 24.1 Å². The lowest BCUT2D eigenvalue weighted by atomic mass is 9.85. The summed E-state index contributed by atoms with van der Waals surface area (Å²) in [4.78, 5) is 21.0. The van der Waals surface area contributed by atoms with Gasteiger partial charge < -0.3 is 14.4 Å². The molecule has 5 rings (SSSR count). The van der Waals surface area contributed by atoms with Crippen LogP contribution in [0.1, 0.15) is 25.0 Å². The lowest BCUT2D eigenvalue weighted by molar-refractivity contribution is -0.148. The Bertz CT molecular complexity index is 1260. The van der Waals surface area contributed by atoms with Crippen LogP contribution in [0.15, 0.2) is 24.4 Å². The molecule has 34 heavy (non-hydrogen) atoms. The third-order valence-electron chi connectivity index (χ3n) is 6.63. The molecule has 1 aromatic carbocycles. The lowest BCUT2D eigenvalue weighted by Gasteiger charge is -2.40. The fourth-order valence-corrected chi connectivity index (χ4v) is 5.25. The molecule has 0 spiro atoms. The molecule has 0 unspecified atom stereocenters. The number of fused-ring (bicyclic) bond motifs is 2. The van der Waals surface area contributed by atoms with Gasteiger partial charge in [-0.25, -0.2) is 4.39 Å². The van der Waals surface area contributed by atoms with Crippen LogP contribution in [0.25, 0.3) is 10.9 Å². The number of pyridine rings is 1. The van der Waals surface area contributed by atoms with Gasteiger partial charge in [-0.15, -0.1) is 10.2 Å². The van der Waals surface area contributed by atoms with Crippen LogP contribution in [0, 0.1) is 17.7 Å². The van der Waals surface area contributed by atoms with Gasteiger partial charge in [-0.05, 0) is 18.4 Å². The average molecular weight is 497 g/mol. The summed E-state index contributed by atoms with van der Waals surface area (Å²) < 4.78 is 54.5. The van der Waals surface area contributed by atoms with Crippen molar-refractivity contribution < 1.29 is 22.4 Å². The Labute approximate surface area is 197 Å². The highest BCUT2D eigenvalue weighted by atomic mass is 35.5. The Morgan fingerprint density at radius 3 is 2.71 bits per heavy atom. The maximum atomic E-state index is 14.2. The van der Waals surface area contributed by atoms with Crippen LogP contribution >= 0.6 is 11.6 Å². The number of halogens is 5. The van der Waals surface area contributed by atoms with Crippen molar-refractivity contribution in [1.29, 1.82) is 0 Å². The van der Waals surface area contributed by atoms with E-state index >= 15 is 0 Å². The second kappa shape index (κ2) is 8.37. The molecule has 0 radical (unpaired) electrons. The van der Waals surface area contributed by atoms with Crippen molar-refractivity contribution in [2.24, 2.45) is 11.8 Å². The van der Waals surface area contributed by atoms with E-state index < -0.39 is 17.8 Å². The van der Waals surface area contributed by atoms with Crippen LogP contribution in [0.5, 0.6) is 0 Å². The average Bonchev–Trinajstić information content (AvgIpc) is 3.22. The zero-order valence-electron chi connectivity index (χ0n) is 18.2. The second-order valence-corrected chi connectivity index (χ2v) is 9.17. The van der Waals surface area contributed by atoms with E-state index in [1.165, 1.54) is 12.3 Å². The molecule has 7 nitrogen and oxygen atoms in total. The molecule has 12 heteroatoms. The molecule has 1 amide bonds. The van der Waals surface area contributed by atoms with Gasteiger partial charge in [0.05, 0.1) is 17.3 Å². The molecular formula is C22H21ClF4N6O. The first-order chi connectivity index (χ1) is 16.1. The largest absolute Gasteiger partial charge is 0.451 e. The summed E-state index contributed by atoms with van der Waals surface area (Å²) in [7, 11) is 0. The molecule has 4 heterocycles. The number of nitrogens with zero attached hydrogens (tertiary/aromatic N) is 6. The van der Waals surface area contributed by atoms with Crippen molar-refractivity contribution in [3.05, 3.63) is 46.9 Å². The Balaban J connectivity index is 1.32. The van der Waals surface area contributed by atoms with Gasteiger partial charge in [-0.2, -0.15) is 13.2 Å². The second-order valence-electron chi connectivity index (χ2n) is 8.76. The van der Waals surface area contributed by atoms with Crippen LogP contribution in [0.2, 0.25) is 5.02 Å². The van der Waals surface area contributed by atoms with Crippen LogP contribution in [-0.4, -0.2) is 50.2 Å². The SMILES string of the molecule is C[C@@H]1CN(c2c(Cl)cnc3c(F)cccc23)CC[C@@H]1C(=O)N1CCn2c(nnc2C(F)(F)F)C1. The summed E-state index contributed by atoms with van der Waals surface area (Å²) in [5, 5.41) is 7.95. The number of alkyl halides is 3. The van der Waals surface area contributed by atoms with Crippen molar-refractivity contribution >= 4 is 34.1 Å². The molecule has 0 N–H and O–H groups in total. The lowest BCUT2D eigenvalue weighted by Crippen LogP contribution is -2.49. The quantitative estimate of drug-likeness (QED) is 0.499. The summed E-state index contributed by atoms with van der Waals surface area (Å²) in [6.07, 6.45) is -2.62. The molecule has 0 bridgehead atoms. The predicted octanol–water partition coefficient (Wildman–Crippen LogP) is 4.14. The molecule has 0 saturated carbocycles. The monoisotopic (exact) mass is 496 g/mol. The Hall–Kier alpha value is -2.95. The molecule has 2 aliphatic heterocycles. The molecule has 1 fully saturated rings. The number of aromatic nitrogens is 4. The van der Waals surface area contributed by atoms with Gasteiger partial charge >= 0.3 is 6.18 Å². The molecule has 2 aromatic heterocycles. The molecule has 180 valence electrons. The van der Waals surface area contributed by atoms with Crippen molar-refractivity contribution in [2.45, 2.75) is 32.6 Å². The standard InChI is InChI=1S/C22H21ClF4N6O/c1-12-10-31(19-14-3-2-4-16(24)18(14)28-9-15(19)23)6-5-13(12)20(34)32-7-8-33-17(11-32)29-30-21(33)22(25,26)27/h2-4,9,12-13H,5-8,10-11H2,1H3/t12-,13+/m1/s1.